The highest BCUT2D eigenvalue weighted by Gasteiger charge is 2.14. The minimum absolute atomic E-state index is 0.0277. The summed E-state index contributed by atoms with van der Waals surface area (Å²) in [5.74, 6) is -0.740. The maximum atomic E-state index is 12.2. The van der Waals surface area contributed by atoms with Crippen molar-refractivity contribution in [1.29, 1.82) is 0 Å². The quantitative estimate of drug-likeness (QED) is 0.859. The van der Waals surface area contributed by atoms with Crippen LogP contribution in [0.2, 0.25) is 0 Å². The second-order valence-electron chi connectivity index (χ2n) is 4.24. The van der Waals surface area contributed by atoms with E-state index >= 15 is 0 Å². The van der Waals surface area contributed by atoms with E-state index in [2.05, 4.69) is 21.0 Å². The van der Waals surface area contributed by atoms with Gasteiger partial charge in [-0.1, -0.05) is 0 Å². The predicted molar refractivity (Wildman–Crippen MR) is 83.7 cm³/mol. The molecule has 0 unspecified atom stereocenters. The molecule has 2 N–H and O–H groups in total. The van der Waals surface area contributed by atoms with Crippen LogP contribution in [0, 0.1) is 13.8 Å². The summed E-state index contributed by atoms with van der Waals surface area (Å²) in [5, 5.41) is 6.05. The van der Waals surface area contributed by atoms with Crippen molar-refractivity contribution in [3.8, 4) is 0 Å². The molecule has 2 aromatic heterocycles. The number of carbonyl (C=O) groups is 1. The first kappa shape index (κ1) is 14.7. The number of thiophene rings is 1. The van der Waals surface area contributed by atoms with E-state index in [1.54, 1.807) is 26.1 Å². The van der Waals surface area contributed by atoms with Gasteiger partial charge in [0.25, 0.3) is 11.5 Å². The van der Waals surface area contributed by atoms with Crippen LogP contribution in [0.3, 0.4) is 0 Å². The molecule has 0 bridgehead atoms. The number of pyridine rings is 1. The predicted octanol–water partition coefficient (Wildman–Crippen LogP) is 2.27. The number of rotatable bonds is 3. The average molecular weight is 354 g/mol. The van der Waals surface area contributed by atoms with E-state index in [1.165, 1.54) is 16.0 Å². The number of nitrogens with two attached hydrogens (primary N) is 1. The number of carbonyl (C=O) groups excluding carboxylic acids is 1. The van der Waals surface area contributed by atoms with Gasteiger partial charge in [-0.05, 0) is 47.5 Å². The van der Waals surface area contributed by atoms with Crippen LogP contribution in [0.15, 0.2) is 31.9 Å². The maximum Gasteiger partial charge on any atom is 0.284 e. The van der Waals surface area contributed by atoms with Crippen molar-refractivity contribution in [3.05, 3.63) is 54.0 Å². The average Bonchev–Trinajstić information content (AvgIpc) is 2.73. The Balaban J connectivity index is 2.52. The molecule has 0 aliphatic rings. The fraction of sp³-hybridized carbons (Fsp3) is 0.154. The van der Waals surface area contributed by atoms with E-state index in [0.29, 0.717) is 11.3 Å². The summed E-state index contributed by atoms with van der Waals surface area (Å²) in [6.07, 6.45) is 1.57. The van der Waals surface area contributed by atoms with E-state index in [0.717, 1.165) is 9.35 Å². The molecule has 2 heterocycles. The summed E-state index contributed by atoms with van der Waals surface area (Å²) in [5.41, 5.74) is 5.91. The van der Waals surface area contributed by atoms with Crippen LogP contribution in [0.1, 0.15) is 26.5 Å². The second kappa shape index (κ2) is 5.72. The molecule has 0 aliphatic heterocycles. The highest BCUT2D eigenvalue weighted by molar-refractivity contribution is 9.10. The van der Waals surface area contributed by atoms with Gasteiger partial charge in [0.2, 0.25) is 0 Å². The van der Waals surface area contributed by atoms with E-state index in [9.17, 15) is 9.59 Å². The zero-order valence-corrected chi connectivity index (χ0v) is 13.3. The SMILES string of the molecule is Cc1cc(C)n(/N=C/c2cc(Br)cs2)c(=O)c1C(N)=O. The molecule has 0 atom stereocenters. The number of nitrogens with zero attached hydrogens (tertiary/aromatic N) is 2. The lowest BCUT2D eigenvalue weighted by Crippen LogP contribution is -2.30. The number of hydrogen-bond donors (Lipinski definition) is 1. The molecule has 2 rings (SSSR count). The third-order valence-corrected chi connectivity index (χ3v) is 4.32. The van der Waals surface area contributed by atoms with Gasteiger partial charge in [-0.15, -0.1) is 11.3 Å². The number of amides is 1. The number of halogens is 1. The summed E-state index contributed by atoms with van der Waals surface area (Å²) in [4.78, 5) is 24.5. The van der Waals surface area contributed by atoms with Crippen LogP contribution in [-0.4, -0.2) is 16.8 Å². The summed E-state index contributed by atoms with van der Waals surface area (Å²) in [7, 11) is 0. The van der Waals surface area contributed by atoms with E-state index in [-0.39, 0.29) is 5.56 Å². The molecule has 2 aromatic rings. The van der Waals surface area contributed by atoms with E-state index in [1.807, 2.05) is 11.4 Å². The lowest BCUT2D eigenvalue weighted by Gasteiger charge is -2.07. The minimum atomic E-state index is -0.740. The van der Waals surface area contributed by atoms with E-state index in [4.69, 9.17) is 5.73 Å². The largest absolute Gasteiger partial charge is 0.365 e. The van der Waals surface area contributed by atoms with Crippen LogP contribution >= 0.6 is 27.3 Å². The molecule has 1 amide bonds. The van der Waals surface area contributed by atoms with Crippen LogP contribution < -0.4 is 11.3 Å². The van der Waals surface area contributed by atoms with Gasteiger partial charge in [-0.2, -0.15) is 5.10 Å². The van der Waals surface area contributed by atoms with E-state index < -0.39 is 11.5 Å². The summed E-state index contributed by atoms with van der Waals surface area (Å²) in [6, 6.07) is 3.60. The Bertz CT molecular complexity index is 761. The first-order valence-electron chi connectivity index (χ1n) is 5.71. The van der Waals surface area contributed by atoms with Gasteiger partial charge in [-0.25, -0.2) is 4.68 Å². The smallest absolute Gasteiger partial charge is 0.284 e. The molecule has 104 valence electrons. The molecule has 0 saturated carbocycles. The molecular formula is C13H12BrN3O2S. The van der Waals surface area contributed by atoms with Gasteiger partial charge >= 0.3 is 0 Å². The number of aryl methyl sites for hydroxylation is 2. The Morgan fingerprint density at radius 1 is 1.45 bits per heavy atom. The summed E-state index contributed by atoms with van der Waals surface area (Å²) < 4.78 is 2.13. The fourth-order valence-corrected chi connectivity index (χ4v) is 3.13. The third kappa shape index (κ3) is 2.88. The minimum Gasteiger partial charge on any atom is -0.365 e. The van der Waals surface area contributed by atoms with Crippen molar-refractivity contribution in [2.45, 2.75) is 13.8 Å². The third-order valence-electron chi connectivity index (χ3n) is 2.69. The Morgan fingerprint density at radius 2 is 2.15 bits per heavy atom. The lowest BCUT2D eigenvalue weighted by atomic mass is 10.1. The Kier molecular flexibility index (Phi) is 4.20. The normalized spacial score (nSPS) is 11.2. The topological polar surface area (TPSA) is 77.4 Å². The molecule has 20 heavy (non-hydrogen) atoms. The summed E-state index contributed by atoms with van der Waals surface area (Å²) >= 11 is 4.84. The zero-order valence-electron chi connectivity index (χ0n) is 10.9. The molecule has 5 nitrogen and oxygen atoms in total. The fourth-order valence-electron chi connectivity index (χ4n) is 1.84. The molecule has 0 aliphatic carbocycles. The Morgan fingerprint density at radius 3 is 2.70 bits per heavy atom. The van der Waals surface area contributed by atoms with Crippen LogP contribution in [0.25, 0.3) is 0 Å². The number of primary amides is 1. The Labute approximate surface area is 127 Å². The summed E-state index contributed by atoms with van der Waals surface area (Å²) in [6.45, 7) is 3.43. The van der Waals surface area contributed by atoms with Gasteiger partial charge < -0.3 is 5.73 Å². The molecule has 0 fully saturated rings. The lowest BCUT2D eigenvalue weighted by molar-refractivity contribution is 0.0997. The molecular weight excluding hydrogens is 342 g/mol. The zero-order chi connectivity index (χ0) is 14.9. The molecule has 0 spiro atoms. The van der Waals surface area contributed by atoms with Gasteiger partial charge in [0, 0.05) is 20.4 Å². The van der Waals surface area contributed by atoms with Gasteiger partial charge in [-0.3, -0.25) is 9.59 Å². The Hall–Kier alpha value is -1.73. The number of hydrogen-bond acceptors (Lipinski definition) is 4. The van der Waals surface area contributed by atoms with Gasteiger partial charge in [0.15, 0.2) is 0 Å². The molecule has 0 radical (unpaired) electrons. The molecule has 0 aromatic carbocycles. The van der Waals surface area contributed by atoms with Crippen molar-refractivity contribution in [2.24, 2.45) is 10.8 Å². The van der Waals surface area contributed by atoms with Crippen molar-refractivity contribution >= 4 is 39.4 Å². The van der Waals surface area contributed by atoms with Crippen LogP contribution in [0.4, 0.5) is 0 Å². The van der Waals surface area contributed by atoms with Crippen molar-refractivity contribution < 1.29 is 4.79 Å². The first-order chi connectivity index (χ1) is 9.40. The molecule has 7 heteroatoms. The highest BCUT2D eigenvalue weighted by Crippen LogP contribution is 2.18. The van der Waals surface area contributed by atoms with Gasteiger partial charge in [0.1, 0.15) is 5.56 Å². The van der Waals surface area contributed by atoms with Gasteiger partial charge in [0.05, 0.1) is 6.21 Å². The van der Waals surface area contributed by atoms with Crippen LogP contribution in [0.5, 0.6) is 0 Å². The van der Waals surface area contributed by atoms with Crippen molar-refractivity contribution in [3.63, 3.8) is 0 Å². The second-order valence-corrected chi connectivity index (χ2v) is 6.10. The first-order valence-corrected chi connectivity index (χ1v) is 7.39. The monoisotopic (exact) mass is 353 g/mol. The van der Waals surface area contributed by atoms with Crippen LogP contribution in [-0.2, 0) is 0 Å². The van der Waals surface area contributed by atoms with Crippen molar-refractivity contribution in [1.82, 2.24) is 4.68 Å². The highest BCUT2D eigenvalue weighted by atomic mass is 79.9. The number of aromatic nitrogens is 1. The van der Waals surface area contributed by atoms with Crippen molar-refractivity contribution in [2.75, 3.05) is 0 Å². The standard InChI is InChI=1S/C13H12BrN3O2S/c1-7-3-8(2)17(13(19)11(7)12(15)18)16-5-10-4-9(14)6-20-10/h3-6H,1-2H3,(H2,15,18)/b16-5+. The molecule has 0 saturated heterocycles. The maximum absolute atomic E-state index is 12.2.